The van der Waals surface area contributed by atoms with Crippen LogP contribution in [-0.4, -0.2) is 23.1 Å². The van der Waals surface area contributed by atoms with Crippen LogP contribution in [0.2, 0.25) is 0 Å². The highest BCUT2D eigenvalue weighted by molar-refractivity contribution is 5.57. The molecule has 20 heavy (non-hydrogen) atoms. The number of piperidine rings is 1. The third kappa shape index (κ3) is 2.96. The van der Waals surface area contributed by atoms with Crippen LogP contribution >= 0.6 is 0 Å². The highest BCUT2D eigenvalue weighted by atomic mass is 15.0. The molecule has 0 spiro atoms. The van der Waals surface area contributed by atoms with Crippen molar-refractivity contribution in [3.8, 4) is 0 Å². The van der Waals surface area contributed by atoms with Crippen molar-refractivity contribution in [1.82, 2.24) is 15.3 Å². The van der Waals surface area contributed by atoms with Gasteiger partial charge in [-0.1, -0.05) is 6.07 Å². The molecule has 0 radical (unpaired) electrons. The van der Waals surface area contributed by atoms with E-state index in [0.29, 0.717) is 5.92 Å². The zero-order valence-corrected chi connectivity index (χ0v) is 11.8. The predicted molar refractivity (Wildman–Crippen MR) is 81.3 cm³/mol. The van der Waals surface area contributed by atoms with Crippen LogP contribution in [0, 0.1) is 6.92 Å². The van der Waals surface area contributed by atoms with Gasteiger partial charge in [-0.3, -0.25) is 4.98 Å². The van der Waals surface area contributed by atoms with Gasteiger partial charge in [-0.25, -0.2) is 4.98 Å². The van der Waals surface area contributed by atoms with Crippen LogP contribution < -0.4 is 10.6 Å². The average Bonchev–Trinajstić information content (AvgIpc) is 2.51. The first-order valence-electron chi connectivity index (χ1n) is 7.18. The summed E-state index contributed by atoms with van der Waals surface area (Å²) >= 11 is 0. The molecular weight excluding hydrogens is 248 g/mol. The molecule has 1 aliphatic heterocycles. The van der Waals surface area contributed by atoms with Crippen LogP contribution in [0.25, 0.3) is 0 Å². The van der Waals surface area contributed by atoms with Crippen molar-refractivity contribution in [2.24, 2.45) is 0 Å². The Labute approximate surface area is 119 Å². The molecule has 3 heterocycles. The Morgan fingerprint density at radius 2 is 2.00 bits per heavy atom. The van der Waals surface area contributed by atoms with Crippen molar-refractivity contribution in [3.05, 3.63) is 47.9 Å². The van der Waals surface area contributed by atoms with E-state index in [1.54, 1.807) is 6.20 Å². The first-order chi connectivity index (χ1) is 9.83. The molecule has 1 saturated heterocycles. The van der Waals surface area contributed by atoms with E-state index in [2.05, 4.69) is 32.7 Å². The first kappa shape index (κ1) is 13.1. The van der Waals surface area contributed by atoms with Gasteiger partial charge >= 0.3 is 0 Å². The number of nitrogens with one attached hydrogen (secondary N) is 2. The SMILES string of the molecule is Cc1cccnc1Nc1ccc(C2CCNCC2)nc1. The van der Waals surface area contributed by atoms with E-state index in [4.69, 9.17) is 0 Å². The second kappa shape index (κ2) is 6.01. The van der Waals surface area contributed by atoms with Crippen LogP contribution in [-0.2, 0) is 0 Å². The lowest BCUT2D eigenvalue weighted by atomic mass is 9.94. The third-order valence-electron chi connectivity index (χ3n) is 3.82. The lowest BCUT2D eigenvalue weighted by Gasteiger charge is -2.22. The second-order valence-corrected chi connectivity index (χ2v) is 5.29. The van der Waals surface area contributed by atoms with E-state index < -0.39 is 0 Å². The highest BCUT2D eigenvalue weighted by Gasteiger charge is 2.16. The maximum absolute atomic E-state index is 4.61. The van der Waals surface area contributed by atoms with Gasteiger partial charge in [-0.05, 0) is 56.6 Å². The van der Waals surface area contributed by atoms with Crippen molar-refractivity contribution in [1.29, 1.82) is 0 Å². The highest BCUT2D eigenvalue weighted by Crippen LogP contribution is 2.25. The average molecular weight is 268 g/mol. The molecule has 1 fully saturated rings. The molecule has 104 valence electrons. The summed E-state index contributed by atoms with van der Waals surface area (Å²) in [7, 11) is 0. The number of anilines is 2. The molecule has 4 nitrogen and oxygen atoms in total. The summed E-state index contributed by atoms with van der Waals surface area (Å²) in [5, 5.41) is 6.70. The van der Waals surface area contributed by atoms with E-state index in [1.165, 1.54) is 18.5 Å². The molecule has 0 aliphatic carbocycles. The van der Waals surface area contributed by atoms with Crippen LogP contribution in [0.3, 0.4) is 0 Å². The van der Waals surface area contributed by atoms with Gasteiger partial charge in [0.25, 0.3) is 0 Å². The van der Waals surface area contributed by atoms with E-state index in [1.807, 2.05) is 25.3 Å². The topological polar surface area (TPSA) is 49.8 Å². The quantitative estimate of drug-likeness (QED) is 0.898. The third-order valence-corrected chi connectivity index (χ3v) is 3.82. The maximum Gasteiger partial charge on any atom is 0.133 e. The van der Waals surface area contributed by atoms with Crippen molar-refractivity contribution >= 4 is 11.5 Å². The van der Waals surface area contributed by atoms with Gasteiger partial charge in [0.1, 0.15) is 5.82 Å². The standard InChI is InChI=1S/C16H20N4/c1-12-3-2-8-18-16(12)20-14-4-5-15(19-11-14)13-6-9-17-10-7-13/h2-5,8,11,13,17H,6-7,9-10H2,1H3,(H,18,20). The summed E-state index contributed by atoms with van der Waals surface area (Å²) in [6, 6.07) is 8.22. The number of aromatic nitrogens is 2. The number of aryl methyl sites for hydroxylation is 1. The van der Waals surface area contributed by atoms with Gasteiger partial charge in [0, 0.05) is 17.8 Å². The maximum atomic E-state index is 4.61. The smallest absolute Gasteiger partial charge is 0.133 e. The summed E-state index contributed by atoms with van der Waals surface area (Å²) in [5.41, 5.74) is 3.33. The number of rotatable bonds is 3. The molecule has 2 aromatic rings. The van der Waals surface area contributed by atoms with Gasteiger partial charge in [0.05, 0.1) is 11.9 Å². The summed E-state index contributed by atoms with van der Waals surface area (Å²) in [6.07, 6.45) is 6.07. The van der Waals surface area contributed by atoms with E-state index >= 15 is 0 Å². The van der Waals surface area contributed by atoms with Gasteiger partial charge in [0.2, 0.25) is 0 Å². The number of pyridine rings is 2. The van der Waals surface area contributed by atoms with Crippen molar-refractivity contribution in [2.75, 3.05) is 18.4 Å². The Morgan fingerprint density at radius 1 is 1.15 bits per heavy atom. The van der Waals surface area contributed by atoms with Crippen LogP contribution in [0.5, 0.6) is 0 Å². The van der Waals surface area contributed by atoms with E-state index in [0.717, 1.165) is 30.2 Å². The molecule has 0 amide bonds. The number of nitrogens with zero attached hydrogens (tertiary/aromatic N) is 2. The molecule has 0 aromatic carbocycles. The van der Waals surface area contributed by atoms with Crippen LogP contribution in [0.15, 0.2) is 36.7 Å². The summed E-state index contributed by atoms with van der Waals surface area (Å²) in [5.74, 6) is 1.49. The molecule has 0 unspecified atom stereocenters. The molecule has 0 atom stereocenters. The predicted octanol–water partition coefficient (Wildman–Crippen LogP) is 3.00. The molecule has 2 N–H and O–H groups in total. The molecule has 2 aromatic heterocycles. The summed E-state index contributed by atoms with van der Waals surface area (Å²) in [4.78, 5) is 8.95. The van der Waals surface area contributed by atoms with E-state index in [-0.39, 0.29) is 0 Å². The molecule has 0 saturated carbocycles. The summed E-state index contributed by atoms with van der Waals surface area (Å²) in [6.45, 7) is 4.24. The van der Waals surface area contributed by atoms with Crippen molar-refractivity contribution in [3.63, 3.8) is 0 Å². The monoisotopic (exact) mass is 268 g/mol. The zero-order valence-electron chi connectivity index (χ0n) is 11.8. The normalized spacial score (nSPS) is 16.1. The summed E-state index contributed by atoms with van der Waals surface area (Å²) < 4.78 is 0. The van der Waals surface area contributed by atoms with Crippen molar-refractivity contribution in [2.45, 2.75) is 25.7 Å². The lowest BCUT2D eigenvalue weighted by Crippen LogP contribution is -2.27. The first-order valence-corrected chi connectivity index (χ1v) is 7.18. The molecule has 0 bridgehead atoms. The number of hydrogen-bond donors (Lipinski definition) is 2. The zero-order chi connectivity index (χ0) is 13.8. The van der Waals surface area contributed by atoms with Gasteiger partial charge < -0.3 is 10.6 Å². The van der Waals surface area contributed by atoms with Gasteiger partial charge in [-0.2, -0.15) is 0 Å². The fraction of sp³-hybridized carbons (Fsp3) is 0.375. The lowest BCUT2D eigenvalue weighted by molar-refractivity contribution is 0.453. The minimum Gasteiger partial charge on any atom is -0.339 e. The Balaban J connectivity index is 1.71. The minimum absolute atomic E-state index is 0.599. The molecular formula is C16H20N4. The molecule has 3 rings (SSSR count). The van der Waals surface area contributed by atoms with E-state index in [9.17, 15) is 0 Å². The van der Waals surface area contributed by atoms with Gasteiger partial charge in [0.15, 0.2) is 0 Å². The largest absolute Gasteiger partial charge is 0.339 e. The van der Waals surface area contributed by atoms with Crippen molar-refractivity contribution < 1.29 is 0 Å². The van der Waals surface area contributed by atoms with Crippen LogP contribution in [0.4, 0.5) is 11.5 Å². The number of hydrogen-bond acceptors (Lipinski definition) is 4. The Bertz CT molecular complexity index is 559. The molecule has 1 aliphatic rings. The fourth-order valence-electron chi connectivity index (χ4n) is 2.59. The second-order valence-electron chi connectivity index (χ2n) is 5.29. The fourth-order valence-corrected chi connectivity index (χ4v) is 2.59. The Morgan fingerprint density at radius 3 is 2.70 bits per heavy atom. The minimum atomic E-state index is 0.599. The molecule has 4 heteroatoms. The Hall–Kier alpha value is -1.94. The van der Waals surface area contributed by atoms with Gasteiger partial charge in [-0.15, -0.1) is 0 Å². The Kier molecular flexibility index (Phi) is 3.92. The van der Waals surface area contributed by atoms with Crippen LogP contribution in [0.1, 0.15) is 30.0 Å².